The average molecular weight is 227 g/mol. The van der Waals surface area contributed by atoms with E-state index in [1.54, 1.807) is 6.08 Å². The Bertz CT molecular complexity index is 305. The van der Waals surface area contributed by atoms with Crippen molar-refractivity contribution < 1.29 is 19.1 Å². The number of likely N-dealkylation sites (N-methyl/N-ethyl adjacent to an activating group) is 1. The molecule has 0 saturated heterocycles. The van der Waals surface area contributed by atoms with Crippen molar-refractivity contribution in [3.63, 3.8) is 0 Å². The van der Waals surface area contributed by atoms with Gasteiger partial charge in [0.15, 0.2) is 0 Å². The molecule has 0 aromatic rings. The normalized spacial score (nSPS) is 11.9. The molecule has 90 valence electrons. The zero-order valence-electron chi connectivity index (χ0n) is 10.0. The molecule has 0 aromatic heterocycles. The first-order chi connectivity index (χ1) is 7.51. The van der Waals surface area contributed by atoms with Gasteiger partial charge in [0.2, 0.25) is 0 Å². The Labute approximate surface area is 95.3 Å². The largest absolute Gasteiger partial charge is 0.466 e. The second kappa shape index (κ2) is 7.64. The predicted octanol–water partition coefficient (Wildman–Crippen LogP) is 0.377. The third-order valence-corrected chi connectivity index (χ3v) is 1.66. The van der Waals surface area contributed by atoms with Gasteiger partial charge in [-0.1, -0.05) is 12.2 Å². The minimum absolute atomic E-state index is 0.163. The minimum Gasteiger partial charge on any atom is -0.466 e. The first-order valence-corrected chi connectivity index (χ1v) is 4.70. The molecule has 0 aromatic carbocycles. The smallest absolute Gasteiger partial charge is 0.338 e. The molecule has 0 atom stereocenters. The van der Waals surface area contributed by atoms with Gasteiger partial charge < -0.3 is 14.4 Å². The van der Waals surface area contributed by atoms with Gasteiger partial charge in [-0.05, 0) is 14.1 Å². The van der Waals surface area contributed by atoms with E-state index in [1.165, 1.54) is 20.3 Å². The van der Waals surface area contributed by atoms with Gasteiger partial charge in [0, 0.05) is 12.6 Å². The predicted molar refractivity (Wildman–Crippen MR) is 59.8 cm³/mol. The number of carbonyl (C=O) groups excluding carboxylic acids is 2. The standard InChI is InChI=1S/C11H17NO4/c1-12(2)7-5-6-9(11(14)16-4)8-10(13)15-3/h5-6,8H,7H2,1-4H3/b6-5+,9-8+. The Kier molecular flexibility index (Phi) is 6.87. The molecule has 0 spiro atoms. The Morgan fingerprint density at radius 3 is 2.25 bits per heavy atom. The number of nitrogens with zero attached hydrogens (tertiary/aromatic N) is 1. The molecule has 0 rings (SSSR count). The molecule has 0 heterocycles. The van der Waals surface area contributed by atoms with Gasteiger partial charge in [-0.15, -0.1) is 0 Å². The van der Waals surface area contributed by atoms with E-state index in [1.807, 2.05) is 19.0 Å². The lowest BCUT2D eigenvalue weighted by Crippen LogP contribution is -2.11. The van der Waals surface area contributed by atoms with Crippen LogP contribution < -0.4 is 0 Å². The molecule has 0 unspecified atom stereocenters. The number of rotatable bonds is 5. The zero-order chi connectivity index (χ0) is 12.6. The van der Waals surface area contributed by atoms with Crippen molar-refractivity contribution in [2.75, 3.05) is 34.9 Å². The monoisotopic (exact) mass is 227 g/mol. The molecule has 0 saturated carbocycles. The molecule has 0 amide bonds. The summed E-state index contributed by atoms with van der Waals surface area (Å²) in [6, 6.07) is 0. The maximum atomic E-state index is 11.3. The molecule has 0 aliphatic heterocycles. The van der Waals surface area contributed by atoms with Crippen molar-refractivity contribution in [3.8, 4) is 0 Å². The van der Waals surface area contributed by atoms with Gasteiger partial charge in [-0.3, -0.25) is 0 Å². The number of ether oxygens (including phenoxy) is 2. The van der Waals surface area contributed by atoms with E-state index in [0.29, 0.717) is 6.54 Å². The third-order valence-electron chi connectivity index (χ3n) is 1.66. The van der Waals surface area contributed by atoms with Crippen LogP contribution in [-0.2, 0) is 19.1 Å². The number of methoxy groups -OCH3 is 2. The Balaban J connectivity index is 4.69. The fourth-order valence-electron chi connectivity index (χ4n) is 0.869. The van der Waals surface area contributed by atoms with Gasteiger partial charge in [0.05, 0.1) is 19.8 Å². The first-order valence-electron chi connectivity index (χ1n) is 4.70. The highest BCUT2D eigenvalue weighted by molar-refractivity contribution is 5.98. The van der Waals surface area contributed by atoms with E-state index in [0.717, 1.165) is 6.08 Å². The van der Waals surface area contributed by atoms with Crippen molar-refractivity contribution in [2.45, 2.75) is 0 Å². The van der Waals surface area contributed by atoms with Crippen LogP contribution in [-0.4, -0.2) is 51.7 Å². The molecule has 5 heteroatoms. The average Bonchev–Trinajstić information content (AvgIpc) is 2.25. The molecule has 5 nitrogen and oxygen atoms in total. The highest BCUT2D eigenvalue weighted by atomic mass is 16.5. The van der Waals surface area contributed by atoms with Crippen molar-refractivity contribution in [1.29, 1.82) is 0 Å². The second-order valence-corrected chi connectivity index (χ2v) is 3.28. The topological polar surface area (TPSA) is 55.8 Å². The van der Waals surface area contributed by atoms with Gasteiger partial charge in [0.25, 0.3) is 0 Å². The van der Waals surface area contributed by atoms with E-state index in [4.69, 9.17) is 0 Å². The Morgan fingerprint density at radius 2 is 1.81 bits per heavy atom. The van der Waals surface area contributed by atoms with Crippen LogP contribution in [0, 0.1) is 0 Å². The molecule has 0 bridgehead atoms. The van der Waals surface area contributed by atoms with Crippen LogP contribution in [0.3, 0.4) is 0 Å². The summed E-state index contributed by atoms with van der Waals surface area (Å²) in [5, 5.41) is 0. The van der Waals surface area contributed by atoms with Gasteiger partial charge in [-0.25, -0.2) is 9.59 Å². The maximum absolute atomic E-state index is 11.3. The lowest BCUT2D eigenvalue weighted by molar-refractivity contribution is -0.138. The molecule has 0 fully saturated rings. The van der Waals surface area contributed by atoms with E-state index < -0.39 is 11.9 Å². The van der Waals surface area contributed by atoms with Gasteiger partial charge in [-0.2, -0.15) is 0 Å². The van der Waals surface area contributed by atoms with Crippen molar-refractivity contribution in [1.82, 2.24) is 4.90 Å². The molecule has 0 radical (unpaired) electrons. The second-order valence-electron chi connectivity index (χ2n) is 3.28. The number of hydrogen-bond acceptors (Lipinski definition) is 5. The third kappa shape index (κ3) is 5.98. The summed E-state index contributed by atoms with van der Waals surface area (Å²) >= 11 is 0. The van der Waals surface area contributed by atoms with Crippen molar-refractivity contribution in [2.24, 2.45) is 0 Å². The van der Waals surface area contributed by atoms with E-state index in [2.05, 4.69) is 9.47 Å². The van der Waals surface area contributed by atoms with Crippen LogP contribution in [0.1, 0.15) is 0 Å². The van der Waals surface area contributed by atoms with Crippen LogP contribution in [0.2, 0.25) is 0 Å². The van der Waals surface area contributed by atoms with Crippen LogP contribution in [0.25, 0.3) is 0 Å². The van der Waals surface area contributed by atoms with Crippen LogP contribution in [0.15, 0.2) is 23.8 Å². The summed E-state index contributed by atoms with van der Waals surface area (Å²) in [6.45, 7) is 0.662. The number of hydrogen-bond donors (Lipinski definition) is 0. The molecular weight excluding hydrogens is 210 g/mol. The molecule has 0 N–H and O–H groups in total. The fraction of sp³-hybridized carbons (Fsp3) is 0.455. The summed E-state index contributed by atoms with van der Waals surface area (Å²) in [5.41, 5.74) is 0.163. The zero-order valence-corrected chi connectivity index (χ0v) is 10.0. The summed E-state index contributed by atoms with van der Waals surface area (Å²) in [7, 11) is 6.29. The number of esters is 2. The molecule has 16 heavy (non-hydrogen) atoms. The van der Waals surface area contributed by atoms with E-state index >= 15 is 0 Å². The Hall–Kier alpha value is -1.62. The SMILES string of the molecule is COC(=O)/C=C(\C=C\CN(C)C)C(=O)OC. The highest BCUT2D eigenvalue weighted by Crippen LogP contribution is 2.01. The van der Waals surface area contributed by atoms with Gasteiger partial charge >= 0.3 is 11.9 Å². The van der Waals surface area contributed by atoms with E-state index in [9.17, 15) is 9.59 Å². The lowest BCUT2D eigenvalue weighted by atomic mass is 10.2. The maximum Gasteiger partial charge on any atom is 0.338 e. The van der Waals surface area contributed by atoms with Crippen LogP contribution in [0.5, 0.6) is 0 Å². The van der Waals surface area contributed by atoms with E-state index in [-0.39, 0.29) is 5.57 Å². The molecule has 0 aliphatic rings. The lowest BCUT2D eigenvalue weighted by Gasteiger charge is -2.04. The van der Waals surface area contributed by atoms with Crippen molar-refractivity contribution >= 4 is 11.9 Å². The molecular formula is C11H17NO4. The summed E-state index contributed by atoms with van der Waals surface area (Å²) in [5.74, 6) is -1.16. The summed E-state index contributed by atoms with van der Waals surface area (Å²) in [4.78, 5) is 24.2. The quantitative estimate of drug-likeness (QED) is 0.386. The number of carbonyl (C=O) groups is 2. The Morgan fingerprint density at radius 1 is 1.19 bits per heavy atom. The summed E-state index contributed by atoms with van der Waals surface area (Å²) < 4.78 is 8.97. The molecule has 0 aliphatic carbocycles. The van der Waals surface area contributed by atoms with Gasteiger partial charge in [0.1, 0.15) is 0 Å². The minimum atomic E-state index is -0.588. The summed E-state index contributed by atoms with van der Waals surface area (Å²) in [6.07, 6.45) is 4.38. The highest BCUT2D eigenvalue weighted by Gasteiger charge is 2.08. The van der Waals surface area contributed by atoms with Crippen LogP contribution in [0.4, 0.5) is 0 Å². The fourth-order valence-corrected chi connectivity index (χ4v) is 0.869. The van der Waals surface area contributed by atoms with Crippen LogP contribution >= 0.6 is 0 Å². The van der Waals surface area contributed by atoms with Crippen molar-refractivity contribution in [3.05, 3.63) is 23.8 Å². The first kappa shape index (κ1) is 14.4.